The van der Waals surface area contributed by atoms with Crippen molar-refractivity contribution in [1.82, 2.24) is 9.78 Å². The molecular formula is C19H16N4O4. The van der Waals surface area contributed by atoms with Crippen LogP contribution in [-0.2, 0) is 11.3 Å². The third-order valence-corrected chi connectivity index (χ3v) is 3.93. The van der Waals surface area contributed by atoms with Crippen molar-refractivity contribution in [2.75, 3.05) is 5.32 Å². The normalized spacial score (nSPS) is 10.4. The van der Waals surface area contributed by atoms with Gasteiger partial charge in [-0.25, -0.2) is 4.68 Å². The summed E-state index contributed by atoms with van der Waals surface area (Å²) in [6.45, 7) is 1.60. The zero-order valence-corrected chi connectivity index (χ0v) is 14.5. The molecule has 0 radical (unpaired) electrons. The third kappa shape index (κ3) is 4.24. The van der Waals surface area contributed by atoms with Gasteiger partial charge in [-0.1, -0.05) is 30.3 Å². The number of nitro groups is 1. The number of benzene rings is 2. The summed E-state index contributed by atoms with van der Waals surface area (Å²) in [6.07, 6.45) is 0. The lowest BCUT2D eigenvalue weighted by Crippen LogP contribution is -2.29. The van der Waals surface area contributed by atoms with Gasteiger partial charge in [0.25, 0.3) is 11.2 Å². The first-order chi connectivity index (χ1) is 12.9. The predicted octanol–water partition coefficient (Wildman–Crippen LogP) is 2.77. The molecule has 0 aliphatic rings. The van der Waals surface area contributed by atoms with Gasteiger partial charge in [0.15, 0.2) is 0 Å². The summed E-state index contributed by atoms with van der Waals surface area (Å²) in [5.41, 5.74) is 1.88. The van der Waals surface area contributed by atoms with Crippen molar-refractivity contribution < 1.29 is 9.72 Å². The molecule has 3 aromatic rings. The van der Waals surface area contributed by atoms with Crippen LogP contribution >= 0.6 is 0 Å². The Morgan fingerprint density at radius 3 is 2.67 bits per heavy atom. The van der Waals surface area contributed by atoms with Gasteiger partial charge in [0.1, 0.15) is 6.54 Å². The third-order valence-electron chi connectivity index (χ3n) is 3.93. The molecule has 136 valence electrons. The standard InChI is InChI=1S/C19H16N4O4/c1-13-5-2-3-8-16(13)20-18(24)12-22-19(25)10-9-17(21-22)14-6-4-7-15(11-14)23(26)27/h2-11H,12H2,1H3,(H,20,24). The minimum atomic E-state index is -0.505. The van der Waals surface area contributed by atoms with Crippen LogP contribution in [-0.4, -0.2) is 20.6 Å². The SMILES string of the molecule is Cc1ccccc1NC(=O)Cn1nc(-c2cccc([N+](=O)[O-])c2)ccc1=O. The number of rotatable bonds is 5. The maximum absolute atomic E-state index is 12.3. The molecule has 0 aliphatic carbocycles. The number of non-ortho nitro benzene ring substituents is 1. The Morgan fingerprint density at radius 2 is 1.93 bits per heavy atom. The molecule has 0 unspecified atom stereocenters. The average molecular weight is 364 g/mol. The molecule has 0 aliphatic heterocycles. The largest absolute Gasteiger partial charge is 0.324 e. The monoisotopic (exact) mass is 364 g/mol. The summed E-state index contributed by atoms with van der Waals surface area (Å²) in [7, 11) is 0. The second-order valence-electron chi connectivity index (χ2n) is 5.88. The molecular weight excluding hydrogens is 348 g/mol. The zero-order valence-electron chi connectivity index (χ0n) is 14.5. The minimum absolute atomic E-state index is 0.0793. The van der Waals surface area contributed by atoms with Gasteiger partial charge in [-0.15, -0.1) is 0 Å². The topological polar surface area (TPSA) is 107 Å². The molecule has 8 nitrogen and oxygen atoms in total. The molecule has 27 heavy (non-hydrogen) atoms. The molecule has 0 spiro atoms. The van der Waals surface area contributed by atoms with Crippen molar-refractivity contribution in [1.29, 1.82) is 0 Å². The van der Waals surface area contributed by atoms with E-state index < -0.39 is 16.4 Å². The maximum atomic E-state index is 12.3. The first kappa shape index (κ1) is 18.0. The van der Waals surface area contributed by atoms with E-state index in [4.69, 9.17) is 0 Å². The number of amides is 1. The lowest BCUT2D eigenvalue weighted by molar-refractivity contribution is -0.384. The Hall–Kier alpha value is -3.81. The second kappa shape index (κ2) is 7.61. The first-order valence-electron chi connectivity index (χ1n) is 8.12. The highest BCUT2D eigenvalue weighted by molar-refractivity contribution is 5.91. The first-order valence-corrected chi connectivity index (χ1v) is 8.12. The number of aromatic nitrogens is 2. The zero-order chi connectivity index (χ0) is 19.4. The molecule has 0 fully saturated rings. The number of nitrogens with zero attached hydrogens (tertiary/aromatic N) is 3. The Morgan fingerprint density at radius 1 is 1.15 bits per heavy atom. The summed E-state index contributed by atoms with van der Waals surface area (Å²) in [4.78, 5) is 34.7. The lowest BCUT2D eigenvalue weighted by atomic mass is 10.1. The van der Waals surface area contributed by atoms with Crippen LogP contribution in [0, 0.1) is 17.0 Å². The molecule has 1 heterocycles. The molecule has 0 bridgehead atoms. The fourth-order valence-corrected chi connectivity index (χ4v) is 2.53. The Kier molecular flexibility index (Phi) is 5.07. The number of anilines is 1. The van der Waals surface area contributed by atoms with E-state index in [0.717, 1.165) is 10.2 Å². The number of para-hydroxylation sites is 1. The van der Waals surface area contributed by atoms with Crippen molar-refractivity contribution in [3.8, 4) is 11.3 Å². The van der Waals surface area contributed by atoms with E-state index in [1.807, 2.05) is 19.1 Å². The van der Waals surface area contributed by atoms with Gasteiger partial charge in [0.05, 0.1) is 10.6 Å². The second-order valence-corrected chi connectivity index (χ2v) is 5.88. The predicted molar refractivity (Wildman–Crippen MR) is 100 cm³/mol. The number of nitrogens with one attached hydrogen (secondary N) is 1. The molecule has 1 aromatic heterocycles. The van der Waals surface area contributed by atoms with E-state index >= 15 is 0 Å². The van der Waals surface area contributed by atoms with E-state index in [1.54, 1.807) is 18.2 Å². The van der Waals surface area contributed by atoms with Gasteiger partial charge < -0.3 is 5.32 Å². The molecule has 0 atom stereocenters. The van der Waals surface area contributed by atoms with Crippen molar-refractivity contribution in [2.24, 2.45) is 0 Å². The summed E-state index contributed by atoms with van der Waals surface area (Å²) < 4.78 is 1.03. The van der Waals surface area contributed by atoms with Gasteiger partial charge in [0.2, 0.25) is 5.91 Å². The van der Waals surface area contributed by atoms with Crippen LogP contribution in [0.1, 0.15) is 5.56 Å². The summed E-state index contributed by atoms with van der Waals surface area (Å²) >= 11 is 0. The number of hydrogen-bond acceptors (Lipinski definition) is 5. The summed E-state index contributed by atoms with van der Waals surface area (Å²) in [5, 5.41) is 17.8. The highest BCUT2D eigenvalue weighted by Gasteiger charge is 2.11. The van der Waals surface area contributed by atoms with Crippen LogP contribution in [0.4, 0.5) is 11.4 Å². The Bertz CT molecular complexity index is 1080. The molecule has 1 amide bonds. The van der Waals surface area contributed by atoms with Gasteiger partial charge >= 0.3 is 0 Å². The molecule has 1 N–H and O–H groups in total. The van der Waals surface area contributed by atoms with Crippen LogP contribution in [0.25, 0.3) is 11.3 Å². The molecule has 2 aromatic carbocycles. The van der Waals surface area contributed by atoms with Gasteiger partial charge in [-0.05, 0) is 24.6 Å². The van der Waals surface area contributed by atoms with E-state index in [0.29, 0.717) is 16.9 Å². The number of hydrogen-bond donors (Lipinski definition) is 1. The Labute approximate surface area is 154 Å². The van der Waals surface area contributed by atoms with Gasteiger partial charge in [0, 0.05) is 29.4 Å². The Balaban J connectivity index is 1.85. The van der Waals surface area contributed by atoms with Crippen molar-refractivity contribution in [3.63, 3.8) is 0 Å². The van der Waals surface area contributed by atoms with Crippen LogP contribution < -0.4 is 10.9 Å². The smallest absolute Gasteiger partial charge is 0.270 e. The van der Waals surface area contributed by atoms with Crippen molar-refractivity contribution in [2.45, 2.75) is 13.5 Å². The summed E-state index contributed by atoms with van der Waals surface area (Å²) in [5.74, 6) is -0.393. The van der Waals surface area contributed by atoms with E-state index in [2.05, 4.69) is 10.4 Å². The number of nitro benzene ring substituents is 1. The highest BCUT2D eigenvalue weighted by Crippen LogP contribution is 2.21. The van der Waals surface area contributed by atoms with E-state index in [1.165, 1.54) is 30.3 Å². The maximum Gasteiger partial charge on any atom is 0.270 e. The van der Waals surface area contributed by atoms with E-state index in [-0.39, 0.29) is 12.2 Å². The number of carbonyl (C=O) groups excluding carboxylic acids is 1. The fourth-order valence-electron chi connectivity index (χ4n) is 2.53. The lowest BCUT2D eigenvalue weighted by Gasteiger charge is -2.10. The van der Waals surface area contributed by atoms with E-state index in [9.17, 15) is 19.7 Å². The molecule has 0 saturated heterocycles. The van der Waals surface area contributed by atoms with Crippen molar-refractivity contribution in [3.05, 3.63) is 86.7 Å². The fraction of sp³-hybridized carbons (Fsp3) is 0.105. The van der Waals surface area contributed by atoms with Gasteiger partial charge in [-0.2, -0.15) is 5.10 Å². The van der Waals surface area contributed by atoms with Crippen LogP contribution in [0.2, 0.25) is 0 Å². The van der Waals surface area contributed by atoms with Gasteiger partial charge in [-0.3, -0.25) is 19.7 Å². The number of aryl methyl sites for hydroxylation is 1. The van der Waals surface area contributed by atoms with Crippen LogP contribution in [0.15, 0.2) is 65.5 Å². The van der Waals surface area contributed by atoms with Crippen molar-refractivity contribution >= 4 is 17.3 Å². The van der Waals surface area contributed by atoms with Crippen LogP contribution in [0.5, 0.6) is 0 Å². The highest BCUT2D eigenvalue weighted by atomic mass is 16.6. The number of carbonyl (C=O) groups is 1. The average Bonchev–Trinajstić information content (AvgIpc) is 2.65. The minimum Gasteiger partial charge on any atom is -0.324 e. The summed E-state index contributed by atoms with van der Waals surface area (Å²) in [6, 6.07) is 16.0. The molecule has 0 saturated carbocycles. The van der Waals surface area contributed by atoms with Crippen LogP contribution in [0.3, 0.4) is 0 Å². The molecule has 8 heteroatoms. The quantitative estimate of drug-likeness (QED) is 0.553. The molecule has 3 rings (SSSR count).